The second-order valence-corrected chi connectivity index (χ2v) is 7.54. The van der Waals surface area contributed by atoms with Crippen molar-refractivity contribution < 1.29 is 21.6 Å². The number of aryl methyl sites for hydroxylation is 1. The van der Waals surface area contributed by atoms with Gasteiger partial charge in [0, 0.05) is 18.3 Å². The van der Waals surface area contributed by atoms with E-state index < -0.39 is 31.7 Å². The summed E-state index contributed by atoms with van der Waals surface area (Å²) in [7, 11) is -2.67. The molecule has 1 N–H and O–H groups in total. The van der Waals surface area contributed by atoms with Crippen molar-refractivity contribution in [3.8, 4) is 11.4 Å². The summed E-state index contributed by atoms with van der Waals surface area (Å²) >= 11 is 5.53. The zero-order chi connectivity index (χ0) is 19.8. The van der Waals surface area contributed by atoms with Gasteiger partial charge in [-0.2, -0.15) is 13.2 Å². The van der Waals surface area contributed by atoms with Crippen LogP contribution in [0.5, 0.6) is 0 Å². The molecule has 0 aliphatic rings. The first-order valence-corrected chi connectivity index (χ1v) is 9.16. The molecule has 0 radical (unpaired) electrons. The number of sulfonamides is 1. The summed E-state index contributed by atoms with van der Waals surface area (Å²) in [6, 6.07) is 8.51. The van der Waals surface area contributed by atoms with Crippen molar-refractivity contribution in [2.24, 2.45) is 7.05 Å². The minimum atomic E-state index is -4.78. The van der Waals surface area contributed by atoms with Crippen LogP contribution in [0.2, 0.25) is 5.02 Å². The van der Waals surface area contributed by atoms with Crippen LogP contribution in [0.1, 0.15) is 5.56 Å². The van der Waals surface area contributed by atoms with Gasteiger partial charge in [-0.15, -0.1) is 5.10 Å². The van der Waals surface area contributed by atoms with E-state index in [1.807, 2.05) is 0 Å². The van der Waals surface area contributed by atoms with E-state index in [0.717, 1.165) is 12.1 Å². The molecule has 0 spiro atoms. The van der Waals surface area contributed by atoms with Crippen LogP contribution in [0.4, 0.5) is 18.9 Å². The molecule has 27 heavy (non-hydrogen) atoms. The van der Waals surface area contributed by atoms with E-state index in [4.69, 9.17) is 11.6 Å². The van der Waals surface area contributed by atoms with Crippen molar-refractivity contribution in [3.63, 3.8) is 0 Å². The summed E-state index contributed by atoms with van der Waals surface area (Å²) in [5.74, 6) is 0.391. The van der Waals surface area contributed by atoms with Gasteiger partial charge < -0.3 is 0 Å². The number of tetrazole rings is 1. The monoisotopic (exact) mass is 417 g/mol. The Kier molecular flexibility index (Phi) is 4.82. The lowest BCUT2D eigenvalue weighted by Crippen LogP contribution is -2.15. The first-order valence-electron chi connectivity index (χ1n) is 7.30. The van der Waals surface area contributed by atoms with Crippen molar-refractivity contribution in [2.45, 2.75) is 11.1 Å². The summed E-state index contributed by atoms with van der Waals surface area (Å²) in [5, 5.41) is 10.4. The topological polar surface area (TPSA) is 89.8 Å². The molecule has 7 nitrogen and oxygen atoms in total. The largest absolute Gasteiger partial charge is 0.417 e. The molecule has 0 fully saturated rings. The van der Waals surface area contributed by atoms with Gasteiger partial charge in [0.25, 0.3) is 10.0 Å². The van der Waals surface area contributed by atoms with Gasteiger partial charge >= 0.3 is 6.18 Å². The number of benzene rings is 2. The molecule has 1 aromatic heterocycles. The standard InChI is InChI=1S/C15H11ClF3N5O2S/c1-24-14(20-22-23-24)9-3-2-4-10(7-9)21-27(25,26)11-5-6-13(16)12(8-11)15(17,18)19/h2-8,21H,1H3. The highest BCUT2D eigenvalue weighted by atomic mass is 35.5. The van der Waals surface area contributed by atoms with Crippen LogP contribution in [0.15, 0.2) is 47.4 Å². The van der Waals surface area contributed by atoms with Gasteiger partial charge in [0.05, 0.1) is 15.5 Å². The molecule has 12 heteroatoms. The van der Waals surface area contributed by atoms with Crippen LogP contribution in [-0.2, 0) is 23.2 Å². The third-order valence-electron chi connectivity index (χ3n) is 3.55. The molecule has 0 unspecified atom stereocenters. The summed E-state index contributed by atoms with van der Waals surface area (Å²) in [6.45, 7) is 0. The van der Waals surface area contributed by atoms with Crippen LogP contribution in [-0.4, -0.2) is 28.6 Å². The number of rotatable bonds is 4. The van der Waals surface area contributed by atoms with Crippen LogP contribution in [0.3, 0.4) is 0 Å². The zero-order valence-electron chi connectivity index (χ0n) is 13.6. The van der Waals surface area contributed by atoms with Crippen LogP contribution < -0.4 is 4.72 Å². The van der Waals surface area contributed by atoms with Crippen LogP contribution >= 0.6 is 11.6 Å². The van der Waals surface area contributed by atoms with Crippen molar-refractivity contribution in [1.29, 1.82) is 0 Å². The smallest absolute Gasteiger partial charge is 0.280 e. The van der Waals surface area contributed by atoms with Gasteiger partial charge in [0.1, 0.15) is 0 Å². The Bertz CT molecular complexity index is 1100. The molecule has 0 saturated heterocycles. The average molecular weight is 418 g/mol. The van der Waals surface area contributed by atoms with Crippen molar-refractivity contribution >= 4 is 27.3 Å². The van der Waals surface area contributed by atoms with E-state index in [9.17, 15) is 21.6 Å². The summed E-state index contributed by atoms with van der Waals surface area (Å²) in [6.07, 6.45) is -4.78. The number of anilines is 1. The van der Waals surface area contributed by atoms with Gasteiger partial charge in [-0.3, -0.25) is 4.72 Å². The maximum absolute atomic E-state index is 13.0. The minimum absolute atomic E-state index is 0.138. The maximum atomic E-state index is 13.0. The lowest BCUT2D eigenvalue weighted by Gasteiger charge is -2.13. The SMILES string of the molecule is Cn1nnnc1-c1cccc(NS(=O)(=O)c2ccc(Cl)c(C(F)(F)F)c2)c1. The van der Waals surface area contributed by atoms with E-state index >= 15 is 0 Å². The lowest BCUT2D eigenvalue weighted by molar-refractivity contribution is -0.137. The van der Waals surface area contributed by atoms with Crippen molar-refractivity contribution in [1.82, 2.24) is 20.2 Å². The zero-order valence-corrected chi connectivity index (χ0v) is 15.1. The highest BCUT2D eigenvalue weighted by molar-refractivity contribution is 7.92. The molecule has 2 aromatic carbocycles. The molecule has 0 amide bonds. The second kappa shape index (κ2) is 6.82. The molecule has 0 bridgehead atoms. The predicted molar refractivity (Wildman–Crippen MR) is 91.5 cm³/mol. The lowest BCUT2D eigenvalue weighted by atomic mass is 10.2. The quantitative estimate of drug-likeness (QED) is 0.703. The van der Waals surface area contributed by atoms with Crippen molar-refractivity contribution in [2.75, 3.05) is 4.72 Å². The van der Waals surface area contributed by atoms with Crippen LogP contribution in [0.25, 0.3) is 11.4 Å². The molecule has 0 atom stereocenters. The molecule has 1 heterocycles. The number of hydrogen-bond acceptors (Lipinski definition) is 5. The van der Waals surface area contributed by atoms with E-state index in [-0.39, 0.29) is 5.69 Å². The van der Waals surface area contributed by atoms with Gasteiger partial charge in [0.2, 0.25) is 0 Å². The molecule has 0 saturated carbocycles. The Hall–Kier alpha value is -2.66. The van der Waals surface area contributed by atoms with Gasteiger partial charge in [-0.25, -0.2) is 13.1 Å². The number of nitrogens with zero attached hydrogens (tertiary/aromatic N) is 4. The van der Waals surface area contributed by atoms with E-state index in [2.05, 4.69) is 20.2 Å². The maximum Gasteiger partial charge on any atom is 0.417 e. The van der Waals surface area contributed by atoms with E-state index in [1.54, 1.807) is 19.2 Å². The third-order valence-corrected chi connectivity index (χ3v) is 5.26. The summed E-state index contributed by atoms with van der Waals surface area (Å²) in [4.78, 5) is -0.565. The molecule has 142 valence electrons. The normalized spacial score (nSPS) is 12.2. The van der Waals surface area contributed by atoms with Crippen molar-refractivity contribution in [3.05, 3.63) is 53.1 Å². The van der Waals surface area contributed by atoms with E-state index in [0.29, 0.717) is 17.5 Å². The molecule has 3 aromatic rings. The van der Waals surface area contributed by atoms with Crippen LogP contribution in [0, 0.1) is 0 Å². The molecule has 0 aliphatic carbocycles. The summed E-state index contributed by atoms with van der Waals surface area (Å²) < 4.78 is 67.5. The molecular formula is C15H11ClF3N5O2S. The number of nitrogens with one attached hydrogen (secondary N) is 1. The molecule has 0 aliphatic heterocycles. The number of hydrogen-bond donors (Lipinski definition) is 1. The minimum Gasteiger partial charge on any atom is -0.280 e. The fourth-order valence-electron chi connectivity index (χ4n) is 2.30. The fraction of sp³-hybridized carbons (Fsp3) is 0.133. The molecule has 3 rings (SSSR count). The Morgan fingerprint density at radius 2 is 1.89 bits per heavy atom. The highest BCUT2D eigenvalue weighted by Gasteiger charge is 2.34. The Balaban J connectivity index is 1.95. The highest BCUT2D eigenvalue weighted by Crippen LogP contribution is 2.36. The second-order valence-electron chi connectivity index (χ2n) is 5.45. The first-order chi connectivity index (χ1) is 12.6. The molecular weight excluding hydrogens is 407 g/mol. The Labute approximate surface area is 156 Å². The van der Waals surface area contributed by atoms with Gasteiger partial charge in [0.15, 0.2) is 5.82 Å². The Morgan fingerprint density at radius 1 is 1.15 bits per heavy atom. The fourth-order valence-corrected chi connectivity index (χ4v) is 3.60. The average Bonchev–Trinajstić information content (AvgIpc) is 3.00. The number of aromatic nitrogens is 4. The number of alkyl halides is 3. The first kappa shape index (κ1) is 19.1. The summed E-state index contributed by atoms with van der Waals surface area (Å²) in [5.41, 5.74) is -0.570. The third kappa shape index (κ3) is 4.03. The number of halogens is 4. The Morgan fingerprint density at radius 3 is 2.52 bits per heavy atom. The van der Waals surface area contributed by atoms with Gasteiger partial charge in [-0.05, 0) is 40.8 Å². The van der Waals surface area contributed by atoms with Gasteiger partial charge in [-0.1, -0.05) is 23.7 Å². The van der Waals surface area contributed by atoms with E-state index in [1.165, 1.54) is 16.8 Å². The predicted octanol–water partition coefficient (Wildman–Crippen LogP) is 3.35.